The van der Waals surface area contributed by atoms with Crippen molar-refractivity contribution < 1.29 is 19.0 Å². The number of aromatic nitrogens is 1. The van der Waals surface area contributed by atoms with Crippen molar-refractivity contribution in [3.63, 3.8) is 0 Å². The van der Waals surface area contributed by atoms with Gasteiger partial charge in [-0.2, -0.15) is 0 Å². The van der Waals surface area contributed by atoms with Gasteiger partial charge < -0.3 is 24.6 Å². The van der Waals surface area contributed by atoms with E-state index < -0.39 is 17.2 Å². The van der Waals surface area contributed by atoms with Crippen molar-refractivity contribution in [2.45, 2.75) is 51.6 Å². The fraction of sp³-hybridized carbons (Fsp3) is 0.500. The summed E-state index contributed by atoms with van der Waals surface area (Å²) in [6.07, 6.45) is 4.51. The fourth-order valence-corrected chi connectivity index (χ4v) is 4.68. The molecule has 0 unspecified atom stereocenters. The van der Waals surface area contributed by atoms with Crippen LogP contribution in [0.2, 0.25) is 0 Å². The van der Waals surface area contributed by atoms with Gasteiger partial charge in [0.05, 0.1) is 18.0 Å². The van der Waals surface area contributed by atoms with Gasteiger partial charge >= 0.3 is 5.97 Å². The molecule has 2 aliphatic rings. The number of ether oxygens (including phenoxy) is 1. The molecule has 9 heteroatoms. The molecule has 4 rings (SSSR count). The first-order valence-corrected chi connectivity index (χ1v) is 11.6. The Balaban J connectivity index is 1.75. The van der Waals surface area contributed by atoms with E-state index in [1.807, 2.05) is 4.90 Å². The maximum Gasteiger partial charge on any atom is 0.341 e. The summed E-state index contributed by atoms with van der Waals surface area (Å²) >= 11 is 6.50. The largest absolute Gasteiger partial charge is 0.492 e. The number of benzene rings is 1. The zero-order valence-corrected chi connectivity index (χ0v) is 19.8. The number of carbonyl (C=O) groups is 1. The van der Waals surface area contributed by atoms with Crippen molar-refractivity contribution in [2.24, 2.45) is 0 Å². The third-order valence-corrected chi connectivity index (χ3v) is 6.71. The van der Waals surface area contributed by atoms with Crippen LogP contribution in [0.3, 0.4) is 0 Å². The first-order valence-electron chi connectivity index (χ1n) is 11.3. The molecule has 1 saturated heterocycles. The summed E-state index contributed by atoms with van der Waals surface area (Å²) in [5, 5.41) is 13.6. The Kier molecular flexibility index (Phi) is 6.68. The number of hydrogen-bond donors (Lipinski definition) is 2. The van der Waals surface area contributed by atoms with Crippen LogP contribution in [0.15, 0.2) is 27.7 Å². The molecule has 0 radical (unpaired) electrons. The minimum Gasteiger partial charge on any atom is -0.492 e. The van der Waals surface area contributed by atoms with Gasteiger partial charge in [0.2, 0.25) is 5.43 Å². The molecular weight excluding hydrogens is 449 g/mol. The molecule has 33 heavy (non-hydrogen) atoms. The summed E-state index contributed by atoms with van der Waals surface area (Å²) in [7, 11) is 1.45. The van der Waals surface area contributed by atoms with Crippen molar-refractivity contribution in [3.8, 4) is 5.75 Å². The van der Waals surface area contributed by atoms with E-state index in [4.69, 9.17) is 16.3 Å². The zero-order chi connectivity index (χ0) is 23.9. The molecule has 7 nitrogen and oxygen atoms in total. The number of aromatic carboxylic acids is 1. The average molecular weight is 478 g/mol. The third kappa shape index (κ3) is 4.59. The number of hydrogen-bond acceptors (Lipinski definition) is 5. The highest BCUT2D eigenvalue weighted by Gasteiger charge is 2.32. The predicted octanol–water partition coefficient (Wildman–Crippen LogP) is 4.27. The molecule has 2 N–H and O–H groups in total. The summed E-state index contributed by atoms with van der Waals surface area (Å²) in [5.41, 5.74) is 0.846. The standard InChI is InChI=1S/C24H29ClFN3O4/c1-13(2)27-11-18(25)14-6-8-28(9-7-14)21-19(26)10-16-20(23(21)33-3)29(15-4-5-15)12-17(22(16)30)24(31)32/h10,12-13,15,27H,4-9,11H2,1-3H3,(H,31,32). The van der Waals surface area contributed by atoms with E-state index in [-0.39, 0.29) is 22.7 Å². The van der Waals surface area contributed by atoms with Crippen LogP contribution in [0.25, 0.3) is 10.9 Å². The highest BCUT2D eigenvalue weighted by Crippen LogP contribution is 2.44. The quantitative estimate of drug-likeness (QED) is 0.619. The monoisotopic (exact) mass is 477 g/mol. The maximum atomic E-state index is 15.4. The molecule has 178 valence electrons. The van der Waals surface area contributed by atoms with Crippen LogP contribution in [-0.2, 0) is 0 Å². The number of piperidine rings is 1. The summed E-state index contributed by atoms with van der Waals surface area (Å²) < 4.78 is 22.9. The number of rotatable bonds is 7. The van der Waals surface area contributed by atoms with Crippen molar-refractivity contribution in [2.75, 3.05) is 31.6 Å². The number of halogens is 2. The van der Waals surface area contributed by atoms with Gasteiger partial charge in [-0.05, 0) is 31.7 Å². The third-order valence-electron chi connectivity index (χ3n) is 6.31. The van der Waals surface area contributed by atoms with Gasteiger partial charge in [0, 0.05) is 42.9 Å². The predicted molar refractivity (Wildman–Crippen MR) is 127 cm³/mol. The molecule has 1 aromatic heterocycles. The Bertz CT molecular complexity index is 1180. The van der Waals surface area contributed by atoms with E-state index in [1.165, 1.54) is 13.3 Å². The zero-order valence-electron chi connectivity index (χ0n) is 19.1. The van der Waals surface area contributed by atoms with Crippen molar-refractivity contribution in [1.29, 1.82) is 0 Å². The lowest BCUT2D eigenvalue weighted by molar-refractivity contribution is 0.0695. The lowest BCUT2D eigenvalue weighted by Crippen LogP contribution is -2.33. The van der Waals surface area contributed by atoms with E-state index in [2.05, 4.69) is 19.2 Å². The van der Waals surface area contributed by atoms with Gasteiger partial charge in [0.15, 0.2) is 11.6 Å². The molecule has 2 aromatic rings. The minimum atomic E-state index is -1.32. The Labute approximate surface area is 196 Å². The first kappa shape index (κ1) is 23.6. The molecular formula is C24H29ClFN3O4. The number of nitrogens with one attached hydrogen (secondary N) is 1. The summed E-state index contributed by atoms with van der Waals surface area (Å²) in [6, 6.07) is 1.56. The second-order valence-electron chi connectivity index (χ2n) is 8.98. The van der Waals surface area contributed by atoms with Crippen LogP contribution in [-0.4, -0.2) is 48.4 Å². The summed E-state index contributed by atoms with van der Waals surface area (Å²) in [4.78, 5) is 26.4. The summed E-state index contributed by atoms with van der Waals surface area (Å²) in [5.74, 6) is -1.65. The Morgan fingerprint density at radius 3 is 2.55 bits per heavy atom. The van der Waals surface area contributed by atoms with Gasteiger partial charge in [0.25, 0.3) is 0 Å². The lowest BCUT2D eigenvalue weighted by Gasteiger charge is -2.33. The van der Waals surface area contributed by atoms with E-state index >= 15 is 4.39 Å². The minimum absolute atomic E-state index is 0.0281. The van der Waals surface area contributed by atoms with Gasteiger partial charge in [-0.25, -0.2) is 9.18 Å². The Hall–Kier alpha value is -2.58. The molecule has 1 saturated carbocycles. The molecule has 0 spiro atoms. The van der Waals surface area contributed by atoms with Crippen molar-refractivity contribution in [3.05, 3.63) is 44.5 Å². The highest BCUT2D eigenvalue weighted by molar-refractivity contribution is 6.30. The molecule has 1 aliphatic carbocycles. The smallest absolute Gasteiger partial charge is 0.341 e. The number of carboxylic acids is 1. The van der Waals surface area contributed by atoms with Crippen LogP contribution in [0.1, 0.15) is 55.9 Å². The average Bonchev–Trinajstić information content (AvgIpc) is 3.62. The number of anilines is 1. The van der Waals surface area contributed by atoms with Crippen LogP contribution in [0, 0.1) is 5.82 Å². The molecule has 0 bridgehead atoms. The molecule has 0 amide bonds. The van der Waals surface area contributed by atoms with E-state index in [1.54, 1.807) is 4.57 Å². The molecule has 2 heterocycles. The topological polar surface area (TPSA) is 83.8 Å². The molecule has 2 fully saturated rings. The van der Waals surface area contributed by atoms with Crippen molar-refractivity contribution in [1.82, 2.24) is 9.88 Å². The SMILES string of the molecule is COc1c(N2CCC(=C(Cl)CNC(C)C)CC2)c(F)cc2c(=O)c(C(=O)O)cn(C3CC3)c12. The number of pyridine rings is 1. The molecule has 1 aromatic carbocycles. The summed E-state index contributed by atoms with van der Waals surface area (Å²) in [6.45, 7) is 5.86. The second kappa shape index (κ2) is 9.35. The van der Waals surface area contributed by atoms with E-state index in [9.17, 15) is 14.7 Å². The Morgan fingerprint density at radius 2 is 2.00 bits per heavy atom. The van der Waals surface area contributed by atoms with Crippen molar-refractivity contribution >= 4 is 34.2 Å². The van der Waals surface area contributed by atoms with Gasteiger partial charge in [-0.3, -0.25) is 4.79 Å². The van der Waals surface area contributed by atoms with Crippen LogP contribution < -0.4 is 20.4 Å². The Morgan fingerprint density at radius 1 is 1.33 bits per heavy atom. The van der Waals surface area contributed by atoms with Crippen LogP contribution >= 0.6 is 11.6 Å². The van der Waals surface area contributed by atoms with Crippen LogP contribution in [0.5, 0.6) is 5.75 Å². The normalized spacial score (nSPS) is 16.5. The van der Waals surface area contributed by atoms with E-state index in [0.29, 0.717) is 49.7 Å². The number of carboxylic acid groups (broad SMARTS) is 1. The second-order valence-corrected chi connectivity index (χ2v) is 9.44. The number of fused-ring (bicyclic) bond motifs is 1. The number of methoxy groups -OCH3 is 1. The molecule has 0 atom stereocenters. The number of nitrogens with zero attached hydrogens (tertiary/aromatic N) is 2. The van der Waals surface area contributed by atoms with E-state index in [0.717, 1.165) is 29.5 Å². The van der Waals surface area contributed by atoms with Gasteiger partial charge in [0.1, 0.15) is 11.3 Å². The van der Waals surface area contributed by atoms with Gasteiger partial charge in [-0.15, -0.1) is 0 Å². The van der Waals surface area contributed by atoms with Crippen LogP contribution in [0.4, 0.5) is 10.1 Å². The van der Waals surface area contributed by atoms with Gasteiger partial charge in [-0.1, -0.05) is 31.0 Å². The highest BCUT2D eigenvalue weighted by atomic mass is 35.5. The molecule has 1 aliphatic heterocycles. The first-order chi connectivity index (χ1) is 15.7. The maximum absolute atomic E-state index is 15.4. The fourth-order valence-electron chi connectivity index (χ4n) is 4.41. The lowest BCUT2D eigenvalue weighted by atomic mass is 10.0.